The number of aliphatic hydroxyl groups is 2. The number of aromatic nitrogens is 1. The van der Waals surface area contributed by atoms with Crippen molar-refractivity contribution in [1.29, 1.82) is 0 Å². The Bertz CT molecular complexity index is 301. The molecule has 1 rings (SSSR count). The van der Waals surface area contributed by atoms with E-state index < -0.39 is 0 Å². The average Bonchev–Trinajstić information content (AvgIpc) is 2.10. The minimum absolute atomic E-state index is 0. The van der Waals surface area contributed by atoms with Gasteiger partial charge in [0, 0.05) is 26.0 Å². The third-order valence-corrected chi connectivity index (χ3v) is 2.42. The molecular formula is C11H18ClNO2. The van der Waals surface area contributed by atoms with Gasteiger partial charge in [-0.25, -0.2) is 0 Å². The van der Waals surface area contributed by atoms with Gasteiger partial charge in [0.15, 0.2) is 11.4 Å². The molecule has 0 radical (unpaired) electrons. The maximum atomic E-state index is 9.12. The quantitative estimate of drug-likeness (QED) is 0.562. The largest absolute Gasteiger partial charge is 1.00 e. The molecule has 2 N–H and O–H groups in total. The van der Waals surface area contributed by atoms with Crippen molar-refractivity contribution in [2.45, 2.75) is 26.8 Å². The molecule has 4 heteroatoms. The fourth-order valence-electron chi connectivity index (χ4n) is 1.91. The van der Waals surface area contributed by atoms with E-state index in [4.69, 9.17) is 10.2 Å². The molecule has 0 saturated carbocycles. The molecule has 0 aliphatic heterocycles. The van der Waals surface area contributed by atoms with E-state index in [-0.39, 0.29) is 31.7 Å². The van der Waals surface area contributed by atoms with Crippen LogP contribution in [-0.2, 0) is 0 Å². The van der Waals surface area contributed by atoms with Crippen molar-refractivity contribution in [3.63, 3.8) is 0 Å². The van der Waals surface area contributed by atoms with Gasteiger partial charge in [-0.05, 0) is 12.5 Å². The summed E-state index contributed by atoms with van der Waals surface area (Å²) in [6.07, 6.45) is 0. The number of hydrogen-bond acceptors (Lipinski definition) is 2. The van der Waals surface area contributed by atoms with Crippen molar-refractivity contribution in [2.75, 3.05) is 13.2 Å². The van der Waals surface area contributed by atoms with Crippen molar-refractivity contribution >= 4 is 0 Å². The highest BCUT2D eigenvalue weighted by atomic mass is 35.5. The second kappa shape index (κ2) is 6.05. The molecule has 0 atom stereocenters. The zero-order valence-electron chi connectivity index (χ0n) is 9.37. The fraction of sp³-hybridized carbons (Fsp3) is 0.545. The molecule has 0 amide bonds. The molecule has 0 unspecified atom stereocenters. The van der Waals surface area contributed by atoms with E-state index >= 15 is 0 Å². The molecule has 0 aliphatic rings. The summed E-state index contributed by atoms with van der Waals surface area (Å²) in [5.41, 5.74) is 3.33. The van der Waals surface area contributed by atoms with Crippen molar-refractivity contribution in [3.05, 3.63) is 29.1 Å². The van der Waals surface area contributed by atoms with Crippen LogP contribution in [-0.4, -0.2) is 23.4 Å². The van der Waals surface area contributed by atoms with Crippen molar-refractivity contribution < 1.29 is 27.2 Å². The Morgan fingerprint density at radius 2 is 1.47 bits per heavy atom. The molecule has 0 bridgehead atoms. The molecule has 0 aliphatic carbocycles. The fourth-order valence-corrected chi connectivity index (χ4v) is 1.91. The number of nitrogens with zero attached hydrogens (tertiary/aromatic N) is 1. The lowest BCUT2D eigenvalue weighted by molar-refractivity contribution is -0.736. The number of aryl methyl sites for hydroxylation is 3. The van der Waals surface area contributed by atoms with Crippen LogP contribution in [0.4, 0.5) is 0 Å². The molecule has 15 heavy (non-hydrogen) atoms. The highest BCUT2D eigenvalue weighted by molar-refractivity contribution is 5.13. The molecule has 0 fully saturated rings. The van der Waals surface area contributed by atoms with Gasteiger partial charge in [0.1, 0.15) is 13.2 Å². The predicted molar refractivity (Wildman–Crippen MR) is 54.1 cm³/mol. The van der Waals surface area contributed by atoms with Gasteiger partial charge in [0.05, 0.1) is 0 Å². The third kappa shape index (κ3) is 3.16. The van der Waals surface area contributed by atoms with Gasteiger partial charge in [0.2, 0.25) is 6.04 Å². The smallest absolute Gasteiger partial charge is 0.204 e. The molecule has 0 saturated heterocycles. The lowest BCUT2D eigenvalue weighted by Crippen LogP contribution is -3.00. The van der Waals surface area contributed by atoms with E-state index in [1.54, 1.807) is 0 Å². The molecule has 3 nitrogen and oxygen atoms in total. The van der Waals surface area contributed by atoms with E-state index in [0.29, 0.717) is 0 Å². The SMILES string of the molecule is Cc1cc(C)[n+](C(CO)CO)c(C)c1.[Cl-]. The Hall–Kier alpha value is -0.640. The zero-order chi connectivity index (χ0) is 10.7. The second-order valence-corrected chi connectivity index (χ2v) is 3.70. The molecule has 0 spiro atoms. The van der Waals surface area contributed by atoms with Gasteiger partial charge < -0.3 is 22.6 Å². The Balaban J connectivity index is 0.00000196. The molecule has 1 aromatic heterocycles. The first kappa shape index (κ1) is 14.4. The second-order valence-electron chi connectivity index (χ2n) is 3.70. The minimum Gasteiger partial charge on any atom is -1.00 e. The highest BCUT2D eigenvalue weighted by Crippen LogP contribution is 2.05. The predicted octanol–water partition coefficient (Wildman–Crippen LogP) is -2.57. The van der Waals surface area contributed by atoms with Crippen LogP contribution in [0.5, 0.6) is 0 Å². The monoisotopic (exact) mass is 231 g/mol. The Morgan fingerprint density at radius 3 is 1.80 bits per heavy atom. The lowest BCUT2D eigenvalue weighted by Gasteiger charge is -2.11. The van der Waals surface area contributed by atoms with Crippen LogP contribution in [0, 0.1) is 20.8 Å². The topological polar surface area (TPSA) is 44.3 Å². The number of pyridine rings is 1. The first-order valence-corrected chi connectivity index (χ1v) is 4.81. The number of halogens is 1. The molecule has 86 valence electrons. The first-order valence-electron chi connectivity index (χ1n) is 4.81. The van der Waals surface area contributed by atoms with Crippen LogP contribution >= 0.6 is 0 Å². The van der Waals surface area contributed by atoms with Gasteiger partial charge in [-0.15, -0.1) is 0 Å². The molecule has 0 aromatic carbocycles. The first-order chi connectivity index (χ1) is 6.60. The van der Waals surface area contributed by atoms with Crippen LogP contribution in [0.1, 0.15) is 23.0 Å². The lowest BCUT2D eigenvalue weighted by atomic mass is 10.1. The van der Waals surface area contributed by atoms with E-state index in [1.165, 1.54) is 5.56 Å². The summed E-state index contributed by atoms with van der Waals surface area (Å²) >= 11 is 0. The average molecular weight is 232 g/mol. The third-order valence-electron chi connectivity index (χ3n) is 2.42. The summed E-state index contributed by atoms with van der Waals surface area (Å²) in [5, 5.41) is 18.2. The van der Waals surface area contributed by atoms with E-state index in [1.807, 2.05) is 37.5 Å². The van der Waals surface area contributed by atoms with Gasteiger partial charge >= 0.3 is 0 Å². The van der Waals surface area contributed by atoms with Crippen molar-refractivity contribution in [1.82, 2.24) is 0 Å². The summed E-state index contributed by atoms with van der Waals surface area (Å²) in [7, 11) is 0. The van der Waals surface area contributed by atoms with Crippen LogP contribution < -0.4 is 17.0 Å². The standard InChI is InChI=1S/C11H18NO2.ClH/c1-8-4-9(2)12(10(3)5-8)11(6-13)7-14;/h4-5,11,13-14H,6-7H2,1-3H3;1H/q+1;/p-1. The Labute approximate surface area is 96.8 Å². The van der Waals surface area contributed by atoms with Crippen LogP contribution in [0.25, 0.3) is 0 Å². The molecule has 1 aromatic rings. The van der Waals surface area contributed by atoms with Crippen LogP contribution in [0.15, 0.2) is 12.1 Å². The summed E-state index contributed by atoms with van der Waals surface area (Å²) < 4.78 is 1.97. The maximum Gasteiger partial charge on any atom is 0.204 e. The summed E-state index contributed by atoms with van der Waals surface area (Å²) in [6.45, 7) is 5.94. The highest BCUT2D eigenvalue weighted by Gasteiger charge is 2.21. The summed E-state index contributed by atoms with van der Waals surface area (Å²) in [4.78, 5) is 0. The van der Waals surface area contributed by atoms with Crippen molar-refractivity contribution in [2.24, 2.45) is 0 Å². The van der Waals surface area contributed by atoms with Crippen LogP contribution in [0.3, 0.4) is 0 Å². The Morgan fingerprint density at radius 1 is 1.07 bits per heavy atom. The zero-order valence-corrected chi connectivity index (χ0v) is 10.1. The molecule has 1 heterocycles. The van der Waals surface area contributed by atoms with Crippen LogP contribution in [0.2, 0.25) is 0 Å². The van der Waals surface area contributed by atoms with E-state index in [2.05, 4.69) is 0 Å². The number of rotatable bonds is 3. The molecular weight excluding hydrogens is 214 g/mol. The van der Waals surface area contributed by atoms with Gasteiger partial charge in [-0.2, -0.15) is 4.57 Å². The normalized spacial score (nSPS) is 10.3. The summed E-state index contributed by atoms with van der Waals surface area (Å²) in [5.74, 6) is 0. The van der Waals surface area contributed by atoms with Gasteiger partial charge in [0.25, 0.3) is 0 Å². The van der Waals surface area contributed by atoms with Crippen molar-refractivity contribution in [3.8, 4) is 0 Å². The minimum atomic E-state index is -0.226. The van der Waals surface area contributed by atoms with Gasteiger partial charge in [-0.1, -0.05) is 0 Å². The van der Waals surface area contributed by atoms with E-state index in [9.17, 15) is 0 Å². The van der Waals surface area contributed by atoms with E-state index in [0.717, 1.165) is 11.4 Å². The number of aliphatic hydroxyl groups excluding tert-OH is 2. The number of hydrogen-bond donors (Lipinski definition) is 2. The Kier molecular flexibility index (Phi) is 5.80. The maximum absolute atomic E-state index is 9.12. The summed E-state index contributed by atoms with van der Waals surface area (Å²) in [6, 6.07) is 3.87. The van der Waals surface area contributed by atoms with Gasteiger partial charge in [-0.3, -0.25) is 0 Å².